The lowest BCUT2D eigenvalue weighted by atomic mass is 10.1. The van der Waals surface area contributed by atoms with Gasteiger partial charge in [-0.3, -0.25) is 0 Å². The van der Waals surface area contributed by atoms with Crippen LogP contribution in [0.5, 0.6) is 0 Å². The number of aliphatic hydroxyl groups is 1. The molecule has 1 fully saturated rings. The molecule has 0 unspecified atom stereocenters. The van der Waals surface area contributed by atoms with Gasteiger partial charge in [-0.1, -0.05) is 37.1 Å². The molecule has 1 heterocycles. The number of likely N-dealkylation sites (tertiary alicyclic amines) is 1. The van der Waals surface area contributed by atoms with Crippen LogP contribution in [0.4, 0.5) is 0 Å². The van der Waals surface area contributed by atoms with E-state index in [1.54, 1.807) is 0 Å². The van der Waals surface area contributed by atoms with Crippen LogP contribution in [-0.4, -0.2) is 35.7 Å². The highest BCUT2D eigenvalue weighted by Crippen LogP contribution is 2.10. The molecule has 0 aliphatic carbocycles. The highest BCUT2D eigenvalue weighted by Gasteiger charge is 2.12. The van der Waals surface area contributed by atoms with E-state index in [1.807, 2.05) is 12.1 Å². The van der Waals surface area contributed by atoms with E-state index in [0.29, 0.717) is 6.04 Å². The van der Waals surface area contributed by atoms with Crippen molar-refractivity contribution in [1.29, 1.82) is 0 Å². The van der Waals surface area contributed by atoms with Gasteiger partial charge < -0.3 is 15.3 Å². The van der Waals surface area contributed by atoms with Crippen molar-refractivity contribution in [1.82, 2.24) is 10.2 Å². The van der Waals surface area contributed by atoms with Gasteiger partial charge in [0.15, 0.2) is 0 Å². The Labute approximate surface area is 123 Å². The first-order valence-electron chi connectivity index (χ1n) is 7.92. The molecule has 0 spiro atoms. The minimum atomic E-state index is 0.122. The standard InChI is InChI=1S/C17H28N2O/c1-15(13-19-9-4-2-3-5-10-19)18-12-16-7-6-8-17(11-16)14-20/h6-8,11,15,18,20H,2-5,9-10,12-14H2,1H3/t15-/m0/s1. The quantitative estimate of drug-likeness (QED) is 0.838. The molecule has 1 atom stereocenters. The van der Waals surface area contributed by atoms with Gasteiger partial charge in [0.1, 0.15) is 0 Å². The molecule has 1 saturated heterocycles. The van der Waals surface area contributed by atoms with Crippen molar-refractivity contribution in [3.05, 3.63) is 35.4 Å². The van der Waals surface area contributed by atoms with Crippen LogP contribution in [0.1, 0.15) is 43.7 Å². The maximum absolute atomic E-state index is 9.16. The van der Waals surface area contributed by atoms with Crippen molar-refractivity contribution >= 4 is 0 Å². The van der Waals surface area contributed by atoms with Gasteiger partial charge in [0.2, 0.25) is 0 Å². The first kappa shape index (κ1) is 15.5. The summed E-state index contributed by atoms with van der Waals surface area (Å²) in [6.07, 6.45) is 5.50. The van der Waals surface area contributed by atoms with Crippen LogP contribution in [0.25, 0.3) is 0 Å². The van der Waals surface area contributed by atoms with E-state index in [4.69, 9.17) is 5.11 Å². The van der Waals surface area contributed by atoms with Crippen molar-refractivity contribution in [2.45, 2.75) is 51.8 Å². The zero-order chi connectivity index (χ0) is 14.2. The molecule has 0 amide bonds. The molecule has 0 bridgehead atoms. The summed E-state index contributed by atoms with van der Waals surface area (Å²) < 4.78 is 0. The molecular weight excluding hydrogens is 248 g/mol. The summed E-state index contributed by atoms with van der Waals surface area (Å²) in [6, 6.07) is 8.67. The summed E-state index contributed by atoms with van der Waals surface area (Å²) in [4.78, 5) is 2.59. The first-order chi connectivity index (χ1) is 9.78. The number of hydrogen-bond donors (Lipinski definition) is 2. The molecular formula is C17H28N2O. The largest absolute Gasteiger partial charge is 0.392 e. The maximum Gasteiger partial charge on any atom is 0.0681 e. The van der Waals surface area contributed by atoms with Crippen LogP contribution in [0.2, 0.25) is 0 Å². The van der Waals surface area contributed by atoms with Crippen LogP contribution in [0.3, 0.4) is 0 Å². The van der Waals surface area contributed by atoms with Crippen molar-refractivity contribution in [2.75, 3.05) is 19.6 Å². The monoisotopic (exact) mass is 276 g/mol. The molecule has 0 radical (unpaired) electrons. The molecule has 2 rings (SSSR count). The van der Waals surface area contributed by atoms with Gasteiger partial charge in [0, 0.05) is 19.1 Å². The summed E-state index contributed by atoms with van der Waals surface area (Å²) in [5.74, 6) is 0. The Bertz CT molecular complexity index is 386. The Morgan fingerprint density at radius 1 is 1.15 bits per heavy atom. The lowest BCUT2D eigenvalue weighted by Gasteiger charge is -2.24. The molecule has 1 aromatic rings. The van der Waals surface area contributed by atoms with Gasteiger partial charge in [-0.15, -0.1) is 0 Å². The highest BCUT2D eigenvalue weighted by atomic mass is 16.3. The predicted octanol–water partition coefficient (Wildman–Crippen LogP) is 2.53. The van der Waals surface area contributed by atoms with Gasteiger partial charge in [-0.05, 0) is 44.0 Å². The van der Waals surface area contributed by atoms with Crippen molar-refractivity contribution in [3.63, 3.8) is 0 Å². The summed E-state index contributed by atoms with van der Waals surface area (Å²) >= 11 is 0. The topological polar surface area (TPSA) is 35.5 Å². The molecule has 20 heavy (non-hydrogen) atoms. The minimum absolute atomic E-state index is 0.122. The fraction of sp³-hybridized carbons (Fsp3) is 0.647. The van der Waals surface area contributed by atoms with E-state index in [-0.39, 0.29) is 6.61 Å². The van der Waals surface area contributed by atoms with E-state index in [2.05, 4.69) is 29.3 Å². The second kappa shape index (κ2) is 8.40. The summed E-state index contributed by atoms with van der Waals surface area (Å²) in [5.41, 5.74) is 2.24. The number of hydrogen-bond acceptors (Lipinski definition) is 3. The zero-order valence-corrected chi connectivity index (χ0v) is 12.6. The normalized spacial score (nSPS) is 18.7. The number of benzene rings is 1. The van der Waals surface area contributed by atoms with E-state index < -0.39 is 0 Å². The Morgan fingerprint density at radius 3 is 2.55 bits per heavy atom. The Kier molecular flexibility index (Phi) is 6.51. The van der Waals surface area contributed by atoms with Crippen molar-refractivity contribution in [2.24, 2.45) is 0 Å². The third-order valence-corrected chi connectivity index (χ3v) is 4.06. The fourth-order valence-corrected chi connectivity index (χ4v) is 2.90. The number of nitrogens with zero attached hydrogens (tertiary/aromatic N) is 1. The molecule has 2 N–H and O–H groups in total. The minimum Gasteiger partial charge on any atom is -0.392 e. The van der Waals surface area contributed by atoms with Crippen LogP contribution in [0.15, 0.2) is 24.3 Å². The predicted molar refractivity (Wildman–Crippen MR) is 83.6 cm³/mol. The van der Waals surface area contributed by atoms with Gasteiger partial charge in [0.05, 0.1) is 6.61 Å². The average molecular weight is 276 g/mol. The number of aliphatic hydroxyl groups excluding tert-OH is 1. The number of nitrogens with one attached hydrogen (secondary N) is 1. The second-order valence-corrected chi connectivity index (χ2v) is 5.97. The zero-order valence-electron chi connectivity index (χ0n) is 12.6. The summed E-state index contributed by atoms with van der Waals surface area (Å²) in [7, 11) is 0. The maximum atomic E-state index is 9.16. The fourth-order valence-electron chi connectivity index (χ4n) is 2.90. The van der Waals surface area contributed by atoms with Crippen LogP contribution >= 0.6 is 0 Å². The molecule has 1 aliphatic rings. The van der Waals surface area contributed by atoms with Crippen LogP contribution in [-0.2, 0) is 13.2 Å². The van der Waals surface area contributed by atoms with E-state index in [9.17, 15) is 0 Å². The van der Waals surface area contributed by atoms with Crippen LogP contribution in [0, 0.1) is 0 Å². The second-order valence-electron chi connectivity index (χ2n) is 5.97. The molecule has 112 valence electrons. The Hall–Kier alpha value is -0.900. The average Bonchev–Trinajstić information content (AvgIpc) is 2.74. The highest BCUT2D eigenvalue weighted by molar-refractivity contribution is 5.22. The van der Waals surface area contributed by atoms with E-state index >= 15 is 0 Å². The van der Waals surface area contributed by atoms with Crippen LogP contribution < -0.4 is 5.32 Å². The van der Waals surface area contributed by atoms with Gasteiger partial charge >= 0.3 is 0 Å². The Morgan fingerprint density at radius 2 is 1.85 bits per heavy atom. The third-order valence-electron chi connectivity index (χ3n) is 4.06. The van der Waals surface area contributed by atoms with E-state index in [0.717, 1.165) is 18.7 Å². The lowest BCUT2D eigenvalue weighted by molar-refractivity contribution is 0.255. The van der Waals surface area contributed by atoms with E-state index in [1.165, 1.54) is 44.3 Å². The van der Waals surface area contributed by atoms with Gasteiger partial charge in [0.25, 0.3) is 0 Å². The third kappa shape index (κ3) is 5.23. The van der Waals surface area contributed by atoms with Crippen molar-refractivity contribution < 1.29 is 5.11 Å². The van der Waals surface area contributed by atoms with Crippen molar-refractivity contribution in [3.8, 4) is 0 Å². The molecule has 0 saturated carbocycles. The summed E-state index contributed by atoms with van der Waals surface area (Å²) in [6.45, 7) is 6.92. The SMILES string of the molecule is C[C@@H](CN1CCCCCC1)NCc1cccc(CO)c1. The van der Waals surface area contributed by atoms with Gasteiger partial charge in [-0.25, -0.2) is 0 Å². The first-order valence-corrected chi connectivity index (χ1v) is 7.92. The molecule has 3 heteroatoms. The summed E-state index contributed by atoms with van der Waals surface area (Å²) in [5, 5.41) is 12.7. The molecule has 1 aromatic carbocycles. The smallest absolute Gasteiger partial charge is 0.0681 e. The molecule has 3 nitrogen and oxygen atoms in total. The van der Waals surface area contributed by atoms with Gasteiger partial charge in [-0.2, -0.15) is 0 Å². The Balaban J connectivity index is 1.74. The molecule has 0 aromatic heterocycles. The molecule has 1 aliphatic heterocycles. The number of rotatable bonds is 6. The lowest BCUT2D eigenvalue weighted by Crippen LogP contribution is -2.39.